The number of hydrogen-bond donors (Lipinski definition) is 2. The van der Waals surface area contributed by atoms with Crippen molar-refractivity contribution in [2.24, 2.45) is 5.10 Å². The first-order valence-corrected chi connectivity index (χ1v) is 11.0. The van der Waals surface area contributed by atoms with Crippen LogP contribution in [0.25, 0.3) is 0 Å². The number of para-hydroxylation sites is 1. The number of hydrogen-bond acceptors (Lipinski definition) is 4. The van der Waals surface area contributed by atoms with Crippen molar-refractivity contribution in [3.05, 3.63) is 92.4 Å². The zero-order chi connectivity index (χ0) is 23.8. The minimum absolute atomic E-state index is 0.198. The van der Waals surface area contributed by atoms with E-state index in [1.54, 1.807) is 48.5 Å². The first-order valence-electron chi connectivity index (χ1n) is 9.85. The molecule has 0 radical (unpaired) electrons. The number of nitrogens with one attached hydrogen (secondary N) is 2. The van der Waals surface area contributed by atoms with Crippen LogP contribution in [0.4, 0.5) is 5.69 Å². The lowest BCUT2D eigenvalue weighted by Gasteiger charge is -2.11. The summed E-state index contributed by atoms with van der Waals surface area (Å²) in [6, 6.07) is 17.4. The standard InChI is InChI=1S/C24H20Cl3N3O3/c1-15-4-2-3-5-21(15)29-23(31)12-24(32)30-28-13-17-10-18(25)8-9-22(17)33-14-16-6-7-19(26)11-20(16)27/h2-11,13H,12,14H2,1H3,(H,29,31)(H,30,32). The van der Waals surface area contributed by atoms with Crippen LogP contribution in [0.15, 0.2) is 65.8 Å². The lowest BCUT2D eigenvalue weighted by Crippen LogP contribution is -2.24. The first-order chi connectivity index (χ1) is 15.8. The van der Waals surface area contributed by atoms with Gasteiger partial charge in [0.1, 0.15) is 18.8 Å². The molecular formula is C24H20Cl3N3O3. The van der Waals surface area contributed by atoms with Gasteiger partial charge in [0.25, 0.3) is 0 Å². The van der Waals surface area contributed by atoms with E-state index in [9.17, 15) is 9.59 Å². The highest BCUT2D eigenvalue weighted by atomic mass is 35.5. The summed E-state index contributed by atoms with van der Waals surface area (Å²) in [4.78, 5) is 24.2. The van der Waals surface area contributed by atoms with E-state index in [0.717, 1.165) is 11.1 Å². The number of anilines is 1. The number of halogens is 3. The summed E-state index contributed by atoms with van der Waals surface area (Å²) in [5.74, 6) is -0.515. The van der Waals surface area contributed by atoms with Gasteiger partial charge in [-0.2, -0.15) is 5.10 Å². The minimum Gasteiger partial charge on any atom is -0.488 e. The maximum atomic E-state index is 12.1. The fourth-order valence-electron chi connectivity index (χ4n) is 2.81. The molecule has 2 N–H and O–H groups in total. The number of carbonyl (C=O) groups excluding carboxylic acids is 2. The molecule has 2 amide bonds. The van der Waals surface area contributed by atoms with Crippen LogP contribution in [0.3, 0.4) is 0 Å². The van der Waals surface area contributed by atoms with Gasteiger partial charge in [-0.15, -0.1) is 0 Å². The Balaban J connectivity index is 1.58. The maximum Gasteiger partial charge on any atom is 0.249 e. The Morgan fingerprint density at radius 3 is 2.45 bits per heavy atom. The number of aryl methyl sites for hydroxylation is 1. The fraction of sp³-hybridized carbons (Fsp3) is 0.125. The van der Waals surface area contributed by atoms with Gasteiger partial charge < -0.3 is 10.1 Å². The zero-order valence-corrected chi connectivity index (χ0v) is 19.8. The third-order valence-electron chi connectivity index (χ3n) is 4.50. The van der Waals surface area contributed by atoms with Crippen molar-refractivity contribution in [2.45, 2.75) is 20.0 Å². The van der Waals surface area contributed by atoms with E-state index in [2.05, 4.69) is 15.8 Å². The molecule has 0 aliphatic carbocycles. The van der Waals surface area contributed by atoms with Gasteiger partial charge in [-0.05, 0) is 48.9 Å². The van der Waals surface area contributed by atoms with Gasteiger partial charge in [-0.25, -0.2) is 5.43 Å². The summed E-state index contributed by atoms with van der Waals surface area (Å²) in [6.45, 7) is 2.06. The molecule has 0 aliphatic rings. The average molecular weight is 505 g/mol. The van der Waals surface area contributed by atoms with Gasteiger partial charge in [0.15, 0.2) is 0 Å². The number of ether oxygens (including phenoxy) is 1. The molecule has 33 heavy (non-hydrogen) atoms. The molecule has 9 heteroatoms. The summed E-state index contributed by atoms with van der Waals surface area (Å²) >= 11 is 18.2. The number of benzene rings is 3. The Hall–Kier alpha value is -3.06. The molecule has 3 aromatic carbocycles. The predicted octanol–water partition coefficient (Wildman–Crippen LogP) is 6.01. The second-order valence-corrected chi connectivity index (χ2v) is 8.32. The summed E-state index contributed by atoms with van der Waals surface area (Å²) < 4.78 is 5.84. The van der Waals surface area contributed by atoms with E-state index in [1.165, 1.54) is 6.21 Å². The fourth-order valence-corrected chi connectivity index (χ4v) is 3.46. The van der Waals surface area contributed by atoms with Crippen molar-refractivity contribution in [1.82, 2.24) is 5.43 Å². The highest BCUT2D eigenvalue weighted by molar-refractivity contribution is 6.35. The van der Waals surface area contributed by atoms with Gasteiger partial charge in [0, 0.05) is 31.9 Å². The molecule has 0 unspecified atom stereocenters. The molecule has 0 heterocycles. The van der Waals surface area contributed by atoms with E-state index >= 15 is 0 Å². The van der Waals surface area contributed by atoms with Crippen molar-refractivity contribution in [2.75, 3.05) is 5.32 Å². The van der Waals surface area contributed by atoms with E-state index in [1.807, 2.05) is 19.1 Å². The van der Waals surface area contributed by atoms with Crippen LogP contribution in [0, 0.1) is 6.92 Å². The SMILES string of the molecule is Cc1ccccc1NC(=O)CC(=O)NN=Cc1cc(Cl)ccc1OCc1ccc(Cl)cc1Cl. The van der Waals surface area contributed by atoms with Gasteiger partial charge in [0.2, 0.25) is 11.8 Å². The van der Waals surface area contributed by atoms with Crippen molar-refractivity contribution in [1.29, 1.82) is 0 Å². The van der Waals surface area contributed by atoms with E-state index in [-0.39, 0.29) is 13.0 Å². The molecule has 3 rings (SSSR count). The summed E-state index contributed by atoms with van der Waals surface area (Å²) in [5.41, 5.74) is 5.18. The van der Waals surface area contributed by atoms with E-state index in [0.29, 0.717) is 32.1 Å². The largest absolute Gasteiger partial charge is 0.488 e. The van der Waals surface area contributed by atoms with Crippen LogP contribution < -0.4 is 15.5 Å². The van der Waals surface area contributed by atoms with Gasteiger partial charge in [-0.3, -0.25) is 9.59 Å². The molecule has 0 fully saturated rings. The molecule has 0 aromatic heterocycles. The maximum absolute atomic E-state index is 12.1. The van der Waals surface area contributed by atoms with Crippen LogP contribution in [0.2, 0.25) is 15.1 Å². The number of amides is 2. The molecule has 3 aromatic rings. The van der Waals surface area contributed by atoms with Gasteiger partial charge >= 0.3 is 0 Å². The third-order valence-corrected chi connectivity index (χ3v) is 5.33. The molecule has 6 nitrogen and oxygen atoms in total. The number of hydrazone groups is 1. The number of nitrogens with zero attached hydrogens (tertiary/aromatic N) is 1. The van der Waals surface area contributed by atoms with Gasteiger partial charge in [0.05, 0.1) is 6.21 Å². The van der Waals surface area contributed by atoms with Crippen LogP contribution in [-0.2, 0) is 16.2 Å². The lowest BCUT2D eigenvalue weighted by atomic mass is 10.2. The van der Waals surface area contributed by atoms with Crippen LogP contribution >= 0.6 is 34.8 Å². The third kappa shape index (κ3) is 7.49. The predicted molar refractivity (Wildman–Crippen MR) is 132 cm³/mol. The smallest absolute Gasteiger partial charge is 0.249 e. The Morgan fingerprint density at radius 1 is 0.970 bits per heavy atom. The normalized spacial score (nSPS) is 10.8. The zero-order valence-electron chi connectivity index (χ0n) is 17.6. The highest BCUT2D eigenvalue weighted by Gasteiger charge is 2.11. The van der Waals surface area contributed by atoms with Crippen molar-refractivity contribution in [3.63, 3.8) is 0 Å². The summed E-state index contributed by atoms with van der Waals surface area (Å²) in [5, 5.41) is 8.11. The van der Waals surface area contributed by atoms with E-state index in [4.69, 9.17) is 39.5 Å². The topological polar surface area (TPSA) is 79.8 Å². The lowest BCUT2D eigenvalue weighted by molar-refractivity contribution is -0.126. The molecular weight excluding hydrogens is 485 g/mol. The Morgan fingerprint density at radius 2 is 1.70 bits per heavy atom. The number of rotatable bonds is 8. The quantitative estimate of drug-likeness (QED) is 0.224. The molecule has 0 saturated heterocycles. The van der Waals surface area contributed by atoms with E-state index < -0.39 is 11.8 Å². The first kappa shape index (κ1) is 24.6. The Kier molecular flexibility index (Phi) is 8.72. The van der Waals surface area contributed by atoms with Crippen molar-refractivity contribution in [3.8, 4) is 5.75 Å². The molecule has 0 aliphatic heterocycles. The summed E-state index contributed by atoms with van der Waals surface area (Å²) in [6.07, 6.45) is 1.02. The second kappa shape index (κ2) is 11.7. The number of carbonyl (C=O) groups is 2. The summed E-state index contributed by atoms with van der Waals surface area (Å²) in [7, 11) is 0. The van der Waals surface area contributed by atoms with Crippen molar-refractivity contribution < 1.29 is 14.3 Å². The molecule has 0 atom stereocenters. The average Bonchev–Trinajstić information content (AvgIpc) is 2.76. The second-order valence-electron chi connectivity index (χ2n) is 7.04. The van der Waals surface area contributed by atoms with Gasteiger partial charge in [-0.1, -0.05) is 59.1 Å². The monoisotopic (exact) mass is 503 g/mol. The highest BCUT2D eigenvalue weighted by Crippen LogP contribution is 2.25. The Bertz CT molecular complexity index is 1200. The Labute approximate surface area is 206 Å². The van der Waals surface area contributed by atoms with Crippen LogP contribution in [-0.4, -0.2) is 18.0 Å². The van der Waals surface area contributed by atoms with Crippen LogP contribution in [0.1, 0.15) is 23.1 Å². The molecule has 0 bridgehead atoms. The van der Waals surface area contributed by atoms with Crippen LogP contribution in [0.5, 0.6) is 5.75 Å². The van der Waals surface area contributed by atoms with Crippen molar-refractivity contribution >= 4 is 58.5 Å². The molecule has 0 spiro atoms. The minimum atomic E-state index is -0.560. The molecule has 170 valence electrons. The molecule has 0 saturated carbocycles.